The van der Waals surface area contributed by atoms with E-state index < -0.39 is 23.2 Å². The molecule has 158 valence electrons. The first-order valence-corrected chi connectivity index (χ1v) is 10.4. The summed E-state index contributed by atoms with van der Waals surface area (Å²) in [4.78, 5) is 16.6. The number of thioether (sulfide) groups is 1. The van der Waals surface area contributed by atoms with E-state index >= 15 is 0 Å². The van der Waals surface area contributed by atoms with Gasteiger partial charge >= 0.3 is 6.18 Å². The van der Waals surface area contributed by atoms with E-state index in [4.69, 9.17) is 0 Å². The third-order valence-electron chi connectivity index (χ3n) is 4.46. The molecular weight excluding hydrogens is 423 g/mol. The molecule has 1 N–H and O–H groups in total. The van der Waals surface area contributed by atoms with Crippen LogP contribution < -0.4 is 5.32 Å². The third-order valence-corrected chi connectivity index (χ3v) is 5.43. The summed E-state index contributed by atoms with van der Waals surface area (Å²) in [6, 6.07) is 18.1. The minimum Gasteiger partial charge on any atom is -0.325 e. The number of rotatable bonds is 6. The van der Waals surface area contributed by atoms with Gasteiger partial charge in [-0.15, -0.1) is 0 Å². The highest BCUT2D eigenvalue weighted by molar-refractivity contribution is 8.00. The third kappa shape index (κ3) is 5.64. The molecule has 31 heavy (non-hydrogen) atoms. The topological polar surface area (TPSA) is 65.8 Å². The molecule has 0 unspecified atom stereocenters. The fourth-order valence-corrected chi connectivity index (χ4v) is 3.67. The maximum absolute atomic E-state index is 13.6. The lowest BCUT2D eigenvalue weighted by atomic mass is 10.1. The van der Waals surface area contributed by atoms with Crippen molar-refractivity contribution in [2.45, 2.75) is 24.5 Å². The maximum Gasteiger partial charge on any atom is 0.417 e. The quantitative estimate of drug-likeness (QED) is 0.482. The molecule has 2 aromatic carbocycles. The van der Waals surface area contributed by atoms with Gasteiger partial charge in [-0.1, -0.05) is 61.2 Å². The molecule has 1 amide bonds. The van der Waals surface area contributed by atoms with Crippen molar-refractivity contribution in [1.82, 2.24) is 4.98 Å². The van der Waals surface area contributed by atoms with Crippen molar-refractivity contribution in [1.29, 1.82) is 5.26 Å². The Morgan fingerprint density at radius 2 is 1.81 bits per heavy atom. The predicted molar refractivity (Wildman–Crippen MR) is 115 cm³/mol. The number of hydrogen-bond acceptors (Lipinski definition) is 4. The first-order valence-electron chi connectivity index (χ1n) is 9.41. The van der Waals surface area contributed by atoms with Crippen LogP contribution in [-0.2, 0) is 17.4 Å². The van der Waals surface area contributed by atoms with Gasteiger partial charge in [-0.2, -0.15) is 18.4 Å². The van der Waals surface area contributed by atoms with E-state index in [0.717, 1.165) is 29.8 Å². The molecule has 0 radical (unpaired) electrons. The summed E-state index contributed by atoms with van der Waals surface area (Å²) in [5.74, 6) is -0.592. The fourth-order valence-electron chi connectivity index (χ4n) is 2.87. The molecule has 8 heteroatoms. The van der Waals surface area contributed by atoms with Crippen LogP contribution in [0.1, 0.15) is 23.6 Å². The van der Waals surface area contributed by atoms with Crippen molar-refractivity contribution < 1.29 is 18.0 Å². The second-order valence-electron chi connectivity index (χ2n) is 6.60. The van der Waals surface area contributed by atoms with Crippen LogP contribution >= 0.6 is 11.8 Å². The Hall–Kier alpha value is -3.31. The summed E-state index contributed by atoms with van der Waals surface area (Å²) >= 11 is 0.800. The molecule has 0 aliphatic heterocycles. The normalized spacial score (nSPS) is 11.1. The average molecular weight is 441 g/mol. The molecule has 0 aliphatic carbocycles. The van der Waals surface area contributed by atoms with Crippen molar-refractivity contribution in [3.63, 3.8) is 0 Å². The average Bonchev–Trinajstić information content (AvgIpc) is 2.77. The summed E-state index contributed by atoms with van der Waals surface area (Å²) in [6.07, 6.45) is -3.86. The number of aryl methyl sites for hydroxylation is 1. The van der Waals surface area contributed by atoms with Crippen molar-refractivity contribution in [3.05, 3.63) is 77.4 Å². The molecule has 1 heterocycles. The zero-order valence-corrected chi connectivity index (χ0v) is 17.3. The maximum atomic E-state index is 13.6. The van der Waals surface area contributed by atoms with Crippen LogP contribution in [0.2, 0.25) is 0 Å². The smallest absolute Gasteiger partial charge is 0.325 e. The number of carbonyl (C=O) groups excluding carboxylic acids is 1. The number of nitrogens with zero attached hydrogens (tertiary/aromatic N) is 2. The highest BCUT2D eigenvalue weighted by atomic mass is 32.2. The molecule has 0 bridgehead atoms. The molecular formula is C23H18F3N3OS. The SMILES string of the molecule is CCc1ccc(NC(=O)CSc2nc(-c3ccccc3)cc(C(F)(F)F)c2C#N)cc1. The summed E-state index contributed by atoms with van der Waals surface area (Å²) in [5.41, 5.74) is 0.627. The van der Waals surface area contributed by atoms with Crippen LogP contribution in [0.15, 0.2) is 65.7 Å². The first kappa shape index (κ1) is 22.4. The van der Waals surface area contributed by atoms with Crippen LogP contribution in [0.3, 0.4) is 0 Å². The number of carbonyl (C=O) groups is 1. The lowest BCUT2D eigenvalue weighted by Gasteiger charge is -2.14. The molecule has 0 aliphatic rings. The van der Waals surface area contributed by atoms with E-state index in [2.05, 4.69) is 10.3 Å². The van der Waals surface area contributed by atoms with Gasteiger partial charge in [0.2, 0.25) is 5.91 Å². The van der Waals surface area contributed by atoms with E-state index in [1.54, 1.807) is 48.5 Å². The van der Waals surface area contributed by atoms with Gasteiger partial charge in [0.25, 0.3) is 0 Å². The van der Waals surface area contributed by atoms with Gasteiger partial charge in [-0.25, -0.2) is 4.98 Å². The van der Waals surface area contributed by atoms with Gasteiger partial charge in [0.05, 0.1) is 22.6 Å². The van der Waals surface area contributed by atoms with Crippen LogP contribution in [0.25, 0.3) is 11.3 Å². The molecule has 1 aromatic heterocycles. The minimum absolute atomic E-state index is 0.0880. The zero-order chi connectivity index (χ0) is 22.4. The molecule has 0 spiro atoms. The lowest BCUT2D eigenvalue weighted by molar-refractivity contribution is -0.138. The van der Waals surface area contributed by atoms with Crippen LogP contribution in [0.4, 0.5) is 18.9 Å². The van der Waals surface area contributed by atoms with E-state index in [-0.39, 0.29) is 16.5 Å². The van der Waals surface area contributed by atoms with Gasteiger partial charge in [0.15, 0.2) is 0 Å². The van der Waals surface area contributed by atoms with Crippen molar-refractivity contribution >= 4 is 23.4 Å². The predicted octanol–water partition coefficient (Wildman–Crippen LogP) is 5.93. The van der Waals surface area contributed by atoms with Gasteiger partial charge in [0, 0.05) is 11.3 Å². The lowest BCUT2D eigenvalue weighted by Crippen LogP contribution is -2.15. The number of anilines is 1. The molecule has 0 saturated heterocycles. The number of hydrogen-bond donors (Lipinski definition) is 1. The summed E-state index contributed by atoms with van der Waals surface area (Å²) < 4.78 is 40.8. The van der Waals surface area contributed by atoms with Crippen LogP contribution in [0, 0.1) is 11.3 Å². The molecule has 3 rings (SSSR count). The van der Waals surface area contributed by atoms with Crippen molar-refractivity contribution in [2.24, 2.45) is 0 Å². The van der Waals surface area contributed by atoms with E-state index in [0.29, 0.717) is 11.3 Å². The van der Waals surface area contributed by atoms with Crippen molar-refractivity contribution in [3.8, 4) is 17.3 Å². The second-order valence-corrected chi connectivity index (χ2v) is 7.56. The molecule has 0 atom stereocenters. The summed E-state index contributed by atoms with van der Waals surface area (Å²) in [6.45, 7) is 2.02. The Labute approximate surface area is 182 Å². The van der Waals surface area contributed by atoms with Gasteiger partial charge in [-0.05, 0) is 30.2 Å². The number of benzene rings is 2. The summed E-state index contributed by atoms with van der Waals surface area (Å²) in [5, 5.41) is 11.9. The number of nitrogens with one attached hydrogen (secondary N) is 1. The fraction of sp³-hybridized carbons (Fsp3) is 0.174. The Morgan fingerprint density at radius 3 is 2.39 bits per heavy atom. The number of pyridine rings is 1. The Bertz CT molecular complexity index is 1110. The number of halogens is 3. The van der Waals surface area contributed by atoms with Crippen LogP contribution in [-0.4, -0.2) is 16.6 Å². The molecule has 3 aromatic rings. The summed E-state index contributed by atoms with van der Waals surface area (Å²) in [7, 11) is 0. The van der Waals surface area contributed by atoms with E-state index in [9.17, 15) is 23.2 Å². The van der Waals surface area contributed by atoms with Gasteiger partial charge < -0.3 is 5.32 Å². The Kier molecular flexibility index (Phi) is 6.98. The Balaban J connectivity index is 1.86. The van der Waals surface area contributed by atoms with E-state index in [1.165, 1.54) is 0 Å². The zero-order valence-electron chi connectivity index (χ0n) is 16.5. The number of aromatic nitrogens is 1. The highest BCUT2D eigenvalue weighted by Gasteiger charge is 2.36. The number of nitriles is 1. The minimum atomic E-state index is -4.73. The van der Waals surface area contributed by atoms with Gasteiger partial charge in [0.1, 0.15) is 11.1 Å². The standard InChI is InChI=1S/C23H18F3N3OS/c1-2-15-8-10-17(11-9-15)28-21(30)14-31-22-18(13-27)19(23(24,25)26)12-20(29-22)16-6-4-3-5-7-16/h3-12H,2,14H2,1H3,(H,28,30). The van der Waals surface area contributed by atoms with Gasteiger partial charge in [-0.3, -0.25) is 4.79 Å². The molecule has 4 nitrogen and oxygen atoms in total. The monoisotopic (exact) mass is 441 g/mol. The Morgan fingerprint density at radius 1 is 1.13 bits per heavy atom. The van der Waals surface area contributed by atoms with E-state index in [1.807, 2.05) is 19.1 Å². The second kappa shape index (κ2) is 9.67. The van der Waals surface area contributed by atoms with Crippen molar-refractivity contribution in [2.75, 3.05) is 11.1 Å². The number of amides is 1. The molecule has 0 fully saturated rings. The highest BCUT2D eigenvalue weighted by Crippen LogP contribution is 2.37. The first-order chi connectivity index (χ1) is 14.8. The van der Waals surface area contributed by atoms with Crippen LogP contribution in [0.5, 0.6) is 0 Å². The number of alkyl halides is 3. The molecule has 0 saturated carbocycles. The largest absolute Gasteiger partial charge is 0.417 e.